The number of hydrogen-bond donors (Lipinski definition) is 2. The first-order valence-electron chi connectivity index (χ1n) is 10.2. The Morgan fingerprint density at radius 2 is 1.97 bits per heavy atom. The van der Waals surface area contributed by atoms with E-state index in [1.54, 1.807) is 6.92 Å². The second-order valence-electron chi connectivity index (χ2n) is 7.88. The summed E-state index contributed by atoms with van der Waals surface area (Å²) in [6.45, 7) is 4.21. The average molecular weight is 444 g/mol. The molecule has 0 unspecified atom stereocenters. The van der Waals surface area contributed by atoms with Gasteiger partial charge in [-0.2, -0.15) is 4.31 Å². The van der Waals surface area contributed by atoms with Crippen LogP contribution in [0.2, 0.25) is 0 Å². The Hall–Kier alpha value is -2.91. The molecule has 2 aromatic carbocycles. The molecule has 2 heterocycles. The number of nitrogens with zero attached hydrogens (tertiary/aromatic N) is 1. The molecule has 0 saturated carbocycles. The van der Waals surface area contributed by atoms with Crippen LogP contribution >= 0.6 is 0 Å². The number of hydrogen-bond acceptors (Lipinski definition) is 5. The Bertz CT molecular complexity index is 1110. The highest BCUT2D eigenvalue weighted by molar-refractivity contribution is 7.89. The second-order valence-corrected chi connectivity index (χ2v) is 9.78. The molecule has 2 amide bonds. The molecule has 164 valence electrons. The van der Waals surface area contributed by atoms with Gasteiger partial charge in [-0.25, -0.2) is 8.42 Å². The van der Waals surface area contributed by atoms with E-state index in [2.05, 4.69) is 10.6 Å². The van der Waals surface area contributed by atoms with Crippen LogP contribution in [0.1, 0.15) is 30.9 Å². The zero-order valence-corrected chi connectivity index (χ0v) is 18.2. The summed E-state index contributed by atoms with van der Waals surface area (Å²) in [4.78, 5) is 24.7. The minimum atomic E-state index is -3.92. The normalized spacial score (nSPS) is 21.2. The molecular weight excluding hydrogens is 418 g/mol. The van der Waals surface area contributed by atoms with Crippen molar-refractivity contribution in [2.24, 2.45) is 0 Å². The molecule has 2 atom stereocenters. The third kappa shape index (κ3) is 4.28. The zero-order chi connectivity index (χ0) is 22.2. The lowest BCUT2D eigenvalue weighted by Gasteiger charge is -2.26. The molecule has 0 radical (unpaired) electrons. The number of nitrogens with one attached hydrogen (secondary N) is 2. The Labute approximate surface area is 181 Å². The molecule has 2 aliphatic rings. The summed E-state index contributed by atoms with van der Waals surface area (Å²) in [7, 11) is -3.92. The number of carbonyl (C=O) groups excluding carboxylic acids is 2. The van der Waals surface area contributed by atoms with Crippen LogP contribution in [0, 0.1) is 6.92 Å². The highest BCUT2D eigenvalue weighted by Crippen LogP contribution is 2.34. The lowest BCUT2D eigenvalue weighted by Crippen LogP contribution is -2.45. The van der Waals surface area contributed by atoms with E-state index in [0.29, 0.717) is 30.8 Å². The van der Waals surface area contributed by atoms with E-state index in [1.165, 1.54) is 22.5 Å². The van der Waals surface area contributed by atoms with Gasteiger partial charge in [0.2, 0.25) is 15.9 Å². The number of carbonyl (C=O) groups is 2. The number of benzene rings is 2. The van der Waals surface area contributed by atoms with Gasteiger partial charge < -0.3 is 15.4 Å². The van der Waals surface area contributed by atoms with Crippen molar-refractivity contribution in [3.05, 3.63) is 53.6 Å². The first-order chi connectivity index (χ1) is 14.8. The second kappa shape index (κ2) is 8.32. The van der Waals surface area contributed by atoms with Crippen molar-refractivity contribution >= 4 is 27.5 Å². The van der Waals surface area contributed by atoms with Crippen LogP contribution in [0.25, 0.3) is 0 Å². The lowest BCUT2D eigenvalue weighted by molar-refractivity contribution is -0.124. The first kappa shape index (κ1) is 21.3. The SMILES string of the molecule is Cc1ccc(CNC(=O)[C@@H]2CCCN2S(=O)(=O)c2ccc3c(c2)NC(=O)[C@@H](C)O3)cc1. The van der Waals surface area contributed by atoms with Crippen LogP contribution in [0.5, 0.6) is 5.75 Å². The van der Waals surface area contributed by atoms with Gasteiger partial charge in [0, 0.05) is 13.1 Å². The van der Waals surface area contributed by atoms with Crippen molar-refractivity contribution in [2.45, 2.75) is 50.3 Å². The molecule has 0 spiro atoms. The predicted octanol–water partition coefficient (Wildman–Crippen LogP) is 2.18. The number of amides is 2. The summed E-state index contributed by atoms with van der Waals surface area (Å²) >= 11 is 0. The van der Waals surface area contributed by atoms with Gasteiger partial charge >= 0.3 is 0 Å². The smallest absolute Gasteiger partial charge is 0.265 e. The Kier molecular flexibility index (Phi) is 5.72. The third-order valence-electron chi connectivity index (χ3n) is 5.58. The van der Waals surface area contributed by atoms with E-state index >= 15 is 0 Å². The number of rotatable bonds is 5. The highest BCUT2D eigenvalue weighted by atomic mass is 32.2. The molecule has 2 aliphatic heterocycles. The molecular formula is C22H25N3O5S. The standard InChI is InChI=1S/C22H25N3O5S/c1-14-5-7-16(8-6-14)13-23-22(27)19-4-3-11-25(19)31(28,29)17-9-10-20-18(12-17)24-21(26)15(2)30-20/h5-10,12,15,19H,3-4,11,13H2,1-2H3,(H,23,27)(H,24,26)/t15-,19+/m1/s1. The van der Waals surface area contributed by atoms with Crippen LogP contribution in [-0.2, 0) is 26.2 Å². The summed E-state index contributed by atoms with van der Waals surface area (Å²) in [5.41, 5.74) is 2.39. The molecule has 2 aromatic rings. The van der Waals surface area contributed by atoms with E-state index in [9.17, 15) is 18.0 Å². The maximum atomic E-state index is 13.3. The minimum absolute atomic E-state index is 0.0166. The summed E-state index contributed by atoms with van der Waals surface area (Å²) < 4.78 is 33.3. The van der Waals surface area contributed by atoms with Crippen molar-refractivity contribution in [1.29, 1.82) is 0 Å². The summed E-state index contributed by atoms with van der Waals surface area (Å²) in [6.07, 6.45) is 0.418. The fourth-order valence-electron chi connectivity index (χ4n) is 3.79. The molecule has 0 aromatic heterocycles. The molecule has 0 aliphatic carbocycles. The maximum Gasteiger partial charge on any atom is 0.265 e. The summed E-state index contributed by atoms with van der Waals surface area (Å²) in [5, 5.41) is 5.52. The van der Waals surface area contributed by atoms with E-state index < -0.39 is 22.2 Å². The van der Waals surface area contributed by atoms with E-state index in [1.807, 2.05) is 31.2 Å². The van der Waals surface area contributed by atoms with Crippen molar-refractivity contribution in [3.63, 3.8) is 0 Å². The van der Waals surface area contributed by atoms with Crippen molar-refractivity contribution in [1.82, 2.24) is 9.62 Å². The average Bonchev–Trinajstić information content (AvgIpc) is 3.24. The van der Waals surface area contributed by atoms with Gasteiger partial charge in [-0.15, -0.1) is 0 Å². The first-order valence-corrected chi connectivity index (χ1v) is 11.7. The van der Waals surface area contributed by atoms with Gasteiger partial charge in [-0.3, -0.25) is 9.59 Å². The lowest BCUT2D eigenvalue weighted by atomic mass is 10.1. The molecule has 4 rings (SSSR count). The van der Waals surface area contributed by atoms with Crippen LogP contribution in [-0.4, -0.2) is 43.2 Å². The fourth-order valence-corrected chi connectivity index (χ4v) is 5.47. The number of ether oxygens (including phenoxy) is 1. The Morgan fingerprint density at radius 1 is 1.23 bits per heavy atom. The predicted molar refractivity (Wildman–Crippen MR) is 115 cm³/mol. The van der Waals surface area contributed by atoms with Crippen molar-refractivity contribution in [2.75, 3.05) is 11.9 Å². The molecule has 1 saturated heterocycles. The minimum Gasteiger partial charge on any atom is -0.479 e. The van der Waals surface area contributed by atoms with Crippen molar-refractivity contribution < 1.29 is 22.7 Å². The topological polar surface area (TPSA) is 105 Å². The number of aryl methyl sites for hydroxylation is 1. The van der Waals surface area contributed by atoms with Crippen molar-refractivity contribution in [3.8, 4) is 5.75 Å². The number of fused-ring (bicyclic) bond motifs is 1. The molecule has 0 bridgehead atoms. The van der Waals surface area contributed by atoms with Gasteiger partial charge in [0.05, 0.1) is 10.6 Å². The number of anilines is 1. The quantitative estimate of drug-likeness (QED) is 0.737. The van der Waals surface area contributed by atoms with Crippen LogP contribution in [0.3, 0.4) is 0 Å². The molecule has 9 heteroatoms. The summed E-state index contributed by atoms with van der Waals surface area (Å²) in [6, 6.07) is 11.4. The van der Waals surface area contributed by atoms with E-state index in [4.69, 9.17) is 4.74 Å². The monoisotopic (exact) mass is 443 g/mol. The van der Waals surface area contributed by atoms with Gasteiger partial charge in [0.15, 0.2) is 6.10 Å². The maximum absolute atomic E-state index is 13.3. The summed E-state index contributed by atoms with van der Waals surface area (Å²) in [5.74, 6) is -0.235. The fraction of sp³-hybridized carbons (Fsp3) is 0.364. The van der Waals surface area contributed by atoms with Crippen LogP contribution in [0.4, 0.5) is 5.69 Å². The van der Waals surface area contributed by atoms with Gasteiger partial charge in [-0.1, -0.05) is 29.8 Å². The molecule has 8 nitrogen and oxygen atoms in total. The Balaban J connectivity index is 1.51. The van der Waals surface area contributed by atoms with Gasteiger partial charge in [-0.05, 0) is 50.5 Å². The van der Waals surface area contributed by atoms with Crippen LogP contribution in [0.15, 0.2) is 47.4 Å². The Morgan fingerprint density at radius 3 is 2.71 bits per heavy atom. The molecule has 31 heavy (non-hydrogen) atoms. The van der Waals surface area contributed by atoms with E-state index in [0.717, 1.165) is 11.1 Å². The van der Waals surface area contributed by atoms with Gasteiger partial charge in [0.25, 0.3) is 5.91 Å². The molecule has 2 N–H and O–H groups in total. The largest absolute Gasteiger partial charge is 0.479 e. The highest BCUT2D eigenvalue weighted by Gasteiger charge is 2.40. The zero-order valence-electron chi connectivity index (χ0n) is 17.4. The molecule has 1 fully saturated rings. The third-order valence-corrected chi connectivity index (χ3v) is 7.49. The number of sulfonamides is 1. The van der Waals surface area contributed by atoms with E-state index in [-0.39, 0.29) is 23.3 Å². The van der Waals surface area contributed by atoms with Crippen LogP contribution < -0.4 is 15.4 Å². The van der Waals surface area contributed by atoms with Gasteiger partial charge in [0.1, 0.15) is 11.8 Å².